The van der Waals surface area contributed by atoms with Crippen LogP contribution in [0, 0.1) is 0 Å². The molecule has 1 heteroatoms. The van der Waals surface area contributed by atoms with E-state index in [1.165, 1.54) is 0 Å². The molecule has 0 aliphatic rings. The van der Waals surface area contributed by atoms with Crippen LogP contribution >= 0.6 is 0 Å². The number of hydrogen-bond acceptors (Lipinski definition) is 1. The highest BCUT2D eigenvalue weighted by Crippen LogP contribution is 1.90. The Balaban J connectivity index is 3.36. The average molecular weight is 95.1 g/mol. The van der Waals surface area contributed by atoms with Gasteiger partial charge in [-0.3, -0.25) is 4.79 Å². The highest BCUT2D eigenvalue weighted by molar-refractivity contribution is 5.73. The Hall–Kier alpha value is -0.850. The third kappa shape index (κ3) is 2.97. The highest BCUT2D eigenvalue weighted by Gasteiger charge is 1.82. The van der Waals surface area contributed by atoms with Gasteiger partial charge in [0, 0.05) is 5.57 Å². The van der Waals surface area contributed by atoms with Gasteiger partial charge in [-0.25, -0.2) is 0 Å². The minimum absolute atomic E-state index is 0.454. The van der Waals surface area contributed by atoms with Gasteiger partial charge in [-0.1, -0.05) is 12.7 Å². The molecule has 0 aromatic carbocycles. The lowest BCUT2D eigenvalue weighted by Crippen LogP contribution is -1.75. The maximum Gasteiger partial charge on any atom is 0.228 e. The van der Waals surface area contributed by atoms with E-state index < -0.39 is 0 Å². The zero-order chi connectivity index (χ0) is 5.70. The number of allylic oxidation sites excluding steroid dienone is 2. The van der Waals surface area contributed by atoms with Gasteiger partial charge >= 0.3 is 0 Å². The maximum absolute atomic E-state index is 9.62. The third-order valence-electron chi connectivity index (χ3n) is 0.535. The molecule has 0 aliphatic carbocycles. The molecule has 0 N–H and O–H groups in total. The SMILES string of the molecule is C=CCC(=C)[C]=O. The zero-order valence-corrected chi connectivity index (χ0v) is 4.11. The molecule has 7 heavy (non-hydrogen) atoms. The first kappa shape index (κ1) is 6.15. The number of carbonyl (C=O) groups excluding carboxylic acids is 1. The van der Waals surface area contributed by atoms with Crippen molar-refractivity contribution in [1.29, 1.82) is 0 Å². The lowest BCUT2D eigenvalue weighted by Gasteiger charge is -1.80. The van der Waals surface area contributed by atoms with Crippen LogP contribution in [0.5, 0.6) is 0 Å². The average Bonchev–Trinajstić information content (AvgIpc) is 1.68. The zero-order valence-electron chi connectivity index (χ0n) is 4.11. The molecule has 1 nitrogen and oxygen atoms in total. The van der Waals surface area contributed by atoms with E-state index in [9.17, 15) is 4.79 Å². The van der Waals surface area contributed by atoms with Crippen LogP contribution in [-0.2, 0) is 4.79 Å². The van der Waals surface area contributed by atoms with Crippen LogP contribution < -0.4 is 0 Å². The molecule has 0 rings (SSSR count). The molecule has 0 spiro atoms. The van der Waals surface area contributed by atoms with E-state index in [1.807, 2.05) is 0 Å². The van der Waals surface area contributed by atoms with E-state index in [4.69, 9.17) is 0 Å². The summed E-state index contributed by atoms with van der Waals surface area (Å²) in [6.45, 7) is 6.78. The molecule has 0 saturated heterocycles. The van der Waals surface area contributed by atoms with Gasteiger partial charge in [-0.2, -0.15) is 0 Å². The Bertz CT molecular complexity index is 92.4. The maximum atomic E-state index is 9.62. The van der Waals surface area contributed by atoms with Crippen LogP contribution in [0.2, 0.25) is 0 Å². The van der Waals surface area contributed by atoms with Gasteiger partial charge < -0.3 is 0 Å². The Labute approximate surface area is 43.3 Å². The quantitative estimate of drug-likeness (QED) is 0.380. The molecule has 0 aromatic heterocycles. The molecule has 0 fully saturated rings. The second-order valence-electron chi connectivity index (χ2n) is 1.20. The fraction of sp³-hybridized carbons (Fsp3) is 0.167. The smallest absolute Gasteiger partial charge is 0.228 e. The van der Waals surface area contributed by atoms with Crippen molar-refractivity contribution >= 4 is 6.29 Å². The summed E-state index contributed by atoms with van der Waals surface area (Å²) in [4.78, 5) is 9.62. The lowest BCUT2D eigenvalue weighted by atomic mass is 10.2. The highest BCUT2D eigenvalue weighted by atomic mass is 16.1. The Kier molecular flexibility index (Phi) is 2.94. The number of rotatable bonds is 3. The standard InChI is InChI=1S/C6H7O/c1-3-4-6(2)5-7/h3H,1-2,4H2. The van der Waals surface area contributed by atoms with E-state index in [0.29, 0.717) is 12.0 Å². The van der Waals surface area contributed by atoms with Crippen LogP contribution in [0.1, 0.15) is 6.42 Å². The van der Waals surface area contributed by atoms with Crippen molar-refractivity contribution in [2.24, 2.45) is 0 Å². The van der Waals surface area contributed by atoms with E-state index in [2.05, 4.69) is 13.2 Å². The van der Waals surface area contributed by atoms with Crippen molar-refractivity contribution in [1.82, 2.24) is 0 Å². The van der Waals surface area contributed by atoms with E-state index in [1.54, 1.807) is 12.4 Å². The minimum Gasteiger partial charge on any atom is -0.285 e. The Morgan fingerprint density at radius 3 is 2.57 bits per heavy atom. The summed E-state index contributed by atoms with van der Waals surface area (Å²) in [5, 5.41) is 0. The van der Waals surface area contributed by atoms with Crippen molar-refractivity contribution in [3.8, 4) is 0 Å². The van der Waals surface area contributed by atoms with Gasteiger partial charge in [0.1, 0.15) is 0 Å². The van der Waals surface area contributed by atoms with E-state index in [-0.39, 0.29) is 0 Å². The van der Waals surface area contributed by atoms with Crippen LogP contribution in [0.25, 0.3) is 0 Å². The summed E-state index contributed by atoms with van der Waals surface area (Å²) in [5.74, 6) is 0. The second-order valence-corrected chi connectivity index (χ2v) is 1.20. The monoisotopic (exact) mass is 95.0 g/mol. The predicted molar refractivity (Wildman–Crippen MR) is 29.6 cm³/mol. The van der Waals surface area contributed by atoms with Crippen molar-refractivity contribution in [2.45, 2.75) is 6.42 Å². The van der Waals surface area contributed by atoms with Crippen LogP contribution in [-0.4, -0.2) is 6.29 Å². The molecular weight excluding hydrogens is 88.1 g/mol. The van der Waals surface area contributed by atoms with Crippen molar-refractivity contribution in [3.05, 3.63) is 24.8 Å². The second kappa shape index (κ2) is 3.34. The van der Waals surface area contributed by atoms with Gasteiger partial charge in [0.05, 0.1) is 0 Å². The Morgan fingerprint density at radius 2 is 2.43 bits per heavy atom. The third-order valence-corrected chi connectivity index (χ3v) is 0.535. The fourth-order valence-electron chi connectivity index (χ4n) is 0.216. The normalized spacial score (nSPS) is 7.43. The number of hydrogen-bond donors (Lipinski definition) is 0. The van der Waals surface area contributed by atoms with Crippen molar-refractivity contribution in [3.63, 3.8) is 0 Å². The summed E-state index contributed by atoms with van der Waals surface area (Å²) in [6.07, 6.45) is 3.81. The van der Waals surface area contributed by atoms with Crippen LogP contribution in [0.3, 0.4) is 0 Å². The Morgan fingerprint density at radius 1 is 1.86 bits per heavy atom. The largest absolute Gasteiger partial charge is 0.285 e. The van der Waals surface area contributed by atoms with Crippen LogP contribution in [0.15, 0.2) is 24.8 Å². The fourth-order valence-corrected chi connectivity index (χ4v) is 0.216. The molecular formula is C6H7O. The van der Waals surface area contributed by atoms with Gasteiger partial charge in [0.2, 0.25) is 6.29 Å². The first-order valence-electron chi connectivity index (χ1n) is 1.98. The topological polar surface area (TPSA) is 17.1 Å². The molecule has 37 valence electrons. The molecule has 0 saturated carbocycles. The lowest BCUT2D eigenvalue weighted by molar-refractivity contribution is 0.561. The summed E-state index contributed by atoms with van der Waals surface area (Å²) in [6, 6.07) is 0. The summed E-state index contributed by atoms with van der Waals surface area (Å²) < 4.78 is 0. The van der Waals surface area contributed by atoms with Gasteiger partial charge in [0.15, 0.2) is 0 Å². The van der Waals surface area contributed by atoms with Gasteiger partial charge in [-0.05, 0) is 6.42 Å². The van der Waals surface area contributed by atoms with E-state index >= 15 is 0 Å². The van der Waals surface area contributed by atoms with Gasteiger partial charge in [0.25, 0.3) is 0 Å². The van der Waals surface area contributed by atoms with Crippen molar-refractivity contribution < 1.29 is 4.79 Å². The van der Waals surface area contributed by atoms with Crippen molar-refractivity contribution in [2.75, 3.05) is 0 Å². The molecule has 1 radical (unpaired) electrons. The molecule has 0 bridgehead atoms. The first-order valence-corrected chi connectivity index (χ1v) is 1.98. The molecule has 0 unspecified atom stereocenters. The summed E-state index contributed by atoms with van der Waals surface area (Å²) in [5.41, 5.74) is 0.454. The molecule has 0 atom stereocenters. The summed E-state index contributed by atoms with van der Waals surface area (Å²) >= 11 is 0. The van der Waals surface area contributed by atoms with Gasteiger partial charge in [-0.15, -0.1) is 6.58 Å². The minimum atomic E-state index is 0.454. The molecule has 0 aliphatic heterocycles. The molecule has 0 aromatic rings. The van der Waals surface area contributed by atoms with E-state index in [0.717, 1.165) is 0 Å². The summed E-state index contributed by atoms with van der Waals surface area (Å²) in [7, 11) is 0. The molecule has 0 amide bonds. The first-order chi connectivity index (χ1) is 3.31. The molecule has 0 heterocycles. The van der Waals surface area contributed by atoms with Crippen LogP contribution in [0.4, 0.5) is 0 Å². The predicted octanol–water partition coefficient (Wildman–Crippen LogP) is 1.23.